The van der Waals surface area contributed by atoms with Gasteiger partial charge in [0.15, 0.2) is 0 Å². The minimum Gasteiger partial charge on any atom is -0.319 e. The molecule has 15 heavy (non-hydrogen) atoms. The third kappa shape index (κ3) is 2.04. The Hall–Kier alpha value is -0.530. The van der Waals surface area contributed by atoms with Crippen LogP contribution in [0.2, 0.25) is 5.02 Å². The first-order valence-corrected chi connectivity index (χ1v) is 6.03. The monoisotopic (exact) mass is 223 g/mol. The maximum atomic E-state index is 6.24. The molecular weight excluding hydrogens is 206 g/mol. The molecule has 1 saturated carbocycles. The molecule has 1 aliphatic rings. The molecule has 0 aliphatic heterocycles. The third-order valence-corrected chi connectivity index (χ3v) is 3.77. The fourth-order valence-corrected chi connectivity index (χ4v) is 2.53. The minimum absolute atomic E-state index is 0.380. The number of hydrogen-bond acceptors (Lipinski definition) is 1. The smallest absolute Gasteiger partial charge is 0.0440 e. The Morgan fingerprint density at radius 1 is 1.40 bits per heavy atom. The van der Waals surface area contributed by atoms with Gasteiger partial charge in [-0.05, 0) is 43.5 Å². The average molecular weight is 224 g/mol. The average Bonchev–Trinajstić information content (AvgIpc) is 2.99. The Kier molecular flexibility index (Phi) is 3.03. The first kappa shape index (κ1) is 11.0. The van der Waals surface area contributed by atoms with E-state index >= 15 is 0 Å². The summed E-state index contributed by atoms with van der Waals surface area (Å²) in [6.07, 6.45) is 3.59. The number of likely N-dealkylation sites (N-methyl/N-ethyl adjacent to an activating group) is 1. The molecule has 2 heteroatoms. The van der Waals surface area contributed by atoms with Gasteiger partial charge in [-0.15, -0.1) is 0 Å². The van der Waals surface area contributed by atoms with Gasteiger partial charge in [0.25, 0.3) is 0 Å². The van der Waals surface area contributed by atoms with Crippen molar-refractivity contribution in [3.05, 3.63) is 34.3 Å². The van der Waals surface area contributed by atoms with Crippen molar-refractivity contribution in [1.29, 1.82) is 0 Å². The molecule has 2 rings (SSSR count). The van der Waals surface area contributed by atoms with E-state index in [4.69, 9.17) is 11.6 Å². The molecule has 0 amide bonds. The second-order valence-corrected chi connectivity index (χ2v) is 4.88. The highest BCUT2D eigenvalue weighted by Crippen LogP contribution is 2.48. The summed E-state index contributed by atoms with van der Waals surface area (Å²) in [6.45, 7) is 3.20. The van der Waals surface area contributed by atoms with Crippen LogP contribution in [0.25, 0.3) is 0 Å². The molecule has 1 aromatic carbocycles. The van der Waals surface area contributed by atoms with E-state index in [1.807, 2.05) is 7.05 Å². The zero-order valence-corrected chi connectivity index (χ0v) is 10.2. The van der Waals surface area contributed by atoms with E-state index in [1.165, 1.54) is 24.0 Å². The normalized spacial score (nSPS) is 17.8. The molecular formula is C13H18ClN. The Bertz CT molecular complexity index is 356. The van der Waals surface area contributed by atoms with Crippen molar-refractivity contribution in [3.63, 3.8) is 0 Å². The molecule has 0 spiro atoms. The molecule has 82 valence electrons. The molecule has 1 aromatic rings. The van der Waals surface area contributed by atoms with Crippen LogP contribution in [0.15, 0.2) is 18.2 Å². The predicted molar refractivity (Wildman–Crippen MR) is 65.7 cm³/mol. The number of halogens is 1. The molecule has 0 bridgehead atoms. The lowest BCUT2D eigenvalue weighted by molar-refractivity contribution is 0.624. The van der Waals surface area contributed by atoms with Crippen molar-refractivity contribution in [2.24, 2.45) is 0 Å². The second kappa shape index (κ2) is 4.15. The standard InChI is InChI=1S/C13H18ClN/c1-3-10-4-5-11(8-12(10)14)13(6-7-13)9-15-2/h4-5,8,15H,3,6-7,9H2,1-2H3. The van der Waals surface area contributed by atoms with Crippen molar-refractivity contribution in [2.75, 3.05) is 13.6 Å². The third-order valence-electron chi connectivity index (χ3n) is 3.42. The zero-order chi connectivity index (χ0) is 10.9. The summed E-state index contributed by atoms with van der Waals surface area (Å²) in [7, 11) is 2.02. The number of hydrogen-bond donors (Lipinski definition) is 1. The van der Waals surface area contributed by atoms with Crippen molar-refractivity contribution in [3.8, 4) is 0 Å². The largest absolute Gasteiger partial charge is 0.319 e. The summed E-state index contributed by atoms with van der Waals surface area (Å²) in [4.78, 5) is 0. The summed E-state index contributed by atoms with van der Waals surface area (Å²) in [5, 5.41) is 4.20. The molecule has 1 N–H and O–H groups in total. The van der Waals surface area contributed by atoms with Gasteiger partial charge in [-0.25, -0.2) is 0 Å². The van der Waals surface area contributed by atoms with Crippen LogP contribution in [-0.4, -0.2) is 13.6 Å². The van der Waals surface area contributed by atoms with Crippen LogP contribution in [0.5, 0.6) is 0 Å². The van der Waals surface area contributed by atoms with Gasteiger partial charge in [0.05, 0.1) is 0 Å². The molecule has 0 saturated heterocycles. The summed E-state index contributed by atoms with van der Waals surface area (Å²) < 4.78 is 0. The van der Waals surface area contributed by atoms with Gasteiger partial charge in [0.1, 0.15) is 0 Å². The van der Waals surface area contributed by atoms with E-state index in [-0.39, 0.29) is 0 Å². The topological polar surface area (TPSA) is 12.0 Å². The summed E-state index contributed by atoms with van der Waals surface area (Å²) in [5.41, 5.74) is 3.03. The highest BCUT2D eigenvalue weighted by atomic mass is 35.5. The van der Waals surface area contributed by atoms with Crippen LogP contribution in [-0.2, 0) is 11.8 Å². The molecule has 0 atom stereocenters. The number of rotatable bonds is 4. The van der Waals surface area contributed by atoms with Gasteiger partial charge in [-0.2, -0.15) is 0 Å². The van der Waals surface area contributed by atoms with Gasteiger partial charge < -0.3 is 5.32 Å². The van der Waals surface area contributed by atoms with Crippen LogP contribution in [0.4, 0.5) is 0 Å². The van der Waals surface area contributed by atoms with E-state index in [2.05, 4.69) is 30.4 Å². The number of nitrogens with one attached hydrogen (secondary N) is 1. The van der Waals surface area contributed by atoms with E-state index in [1.54, 1.807) is 0 Å². The Labute approximate surface area is 96.8 Å². The maximum absolute atomic E-state index is 6.24. The molecule has 1 aliphatic carbocycles. The lowest BCUT2D eigenvalue weighted by Gasteiger charge is -2.16. The quantitative estimate of drug-likeness (QED) is 0.827. The van der Waals surface area contributed by atoms with Crippen molar-refractivity contribution >= 4 is 11.6 Å². The summed E-state index contributed by atoms with van der Waals surface area (Å²) in [6, 6.07) is 6.58. The lowest BCUT2D eigenvalue weighted by atomic mass is 9.94. The van der Waals surface area contributed by atoms with E-state index in [0.717, 1.165) is 18.0 Å². The minimum atomic E-state index is 0.380. The first-order valence-electron chi connectivity index (χ1n) is 5.65. The predicted octanol–water partition coefficient (Wildman–Crippen LogP) is 3.15. The SMILES string of the molecule is CCc1ccc(C2(CNC)CC2)cc1Cl. The van der Waals surface area contributed by atoms with Crippen LogP contribution in [0.3, 0.4) is 0 Å². The molecule has 1 nitrogen and oxygen atoms in total. The van der Waals surface area contributed by atoms with Crippen LogP contribution in [0.1, 0.15) is 30.9 Å². The van der Waals surface area contributed by atoms with Crippen molar-refractivity contribution in [1.82, 2.24) is 5.32 Å². The summed E-state index contributed by atoms with van der Waals surface area (Å²) >= 11 is 6.24. The van der Waals surface area contributed by atoms with Gasteiger partial charge >= 0.3 is 0 Å². The molecule has 1 fully saturated rings. The Morgan fingerprint density at radius 2 is 2.13 bits per heavy atom. The Balaban J connectivity index is 2.26. The van der Waals surface area contributed by atoms with E-state index in [9.17, 15) is 0 Å². The zero-order valence-electron chi connectivity index (χ0n) is 9.44. The molecule has 0 unspecified atom stereocenters. The van der Waals surface area contributed by atoms with Crippen molar-refractivity contribution < 1.29 is 0 Å². The maximum Gasteiger partial charge on any atom is 0.0440 e. The number of aryl methyl sites for hydroxylation is 1. The first-order chi connectivity index (χ1) is 7.22. The van der Waals surface area contributed by atoms with Gasteiger partial charge in [0, 0.05) is 17.0 Å². The van der Waals surface area contributed by atoms with Crippen LogP contribution in [0, 0.1) is 0 Å². The van der Waals surface area contributed by atoms with E-state index < -0.39 is 0 Å². The van der Waals surface area contributed by atoms with Crippen molar-refractivity contribution in [2.45, 2.75) is 31.6 Å². The van der Waals surface area contributed by atoms with Gasteiger partial charge in [0.2, 0.25) is 0 Å². The van der Waals surface area contributed by atoms with Gasteiger partial charge in [-0.1, -0.05) is 30.7 Å². The molecule has 0 heterocycles. The lowest BCUT2D eigenvalue weighted by Crippen LogP contribution is -2.23. The summed E-state index contributed by atoms with van der Waals surface area (Å²) in [5.74, 6) is 0. The fourth-order valence-electron chi connectivity index (χ4n) is 2.22. The second-order valence-electron chi connectivity index (χ2n) is 4.47. The molecule has 0 aromatic heterocycles. The fraction of sp³-hybridized carbons (Fsp3) is 0.538. The van der Waals surface area contributed by atoms with Crippen LogP contribution < -0.4 is 5.32 Å². The van der Waals surface area contributed by atoms with E-state index in [0.29, 0.717) is 5.41 Å². The Morgan fingerprint density at radius 3 is 2.60 bits per heavy atom. The number of benzene rings is 1. The van der Waals surface area contributed by atoms with Crippen LogP contribution >= 0.6 is 11.6 Å². The highest BCUT2D eigenvalue weighted by molar-refractivity contribution is 6.31. The molecule has 0 radical (unpaired) electrons. The highest BCUT2D eigenvalue weighted by Gasteiger charge is 2.43. The van der Waals surface area contributed by atoms with Gasteiger partial charge in [-0.3, -0.25) is 0 Å².